The maximum Gasteiger partial charge on any atom is 0.328 e. The molecule has 0 radical (unpaired) electrons. The molecule has 2 amide bonds. The number of hydrogen-bond acceptors (Lipinski definition) is 4. The Morgan fingerprint density at radius 2 is 1.95 bits per heavy atom. The number of hydrogen-bond donors (Lipinski definition) is 1. The summed E-state index contributed by atoms with van der Waals surface area (Å²) in [5.41, 5.74) is 0.381. The van der Waals surface area contributed by atoms with E-state index in [0.29, 0.717) is 25.0 Å². The summed E-state index contributed by atoms with van der Waals surface area (Å²) in [5, 5.41) is 8.54. The van der Waals surface area contributed by atoms with Crippen LogP contribution in [-0.2, 0) is 14.4 Å². The number of amides is 2. The Labute approximate surface area is 109 Å². The second kappa shape index (κ2) is 5.43. The fourth-order valence-corrected chi connectivity index (χ4v) is 1.82. The monoisotopic (exact) mass is 260 g/mol. The molecule has 0 unspecified atom stereocenters. The molecule has 0 aromatic carbocycles. The minimum Gasteiger partial charge on any atom is -0.478 e. The van der Waals surface area contributed by atoms with Gasteiger partial charge >= 0.3 is 5.97 Å². The fraction of sp³-hybridized carbons (Fsp3) is 0.231. The largest absolute Gasteiger partial charge is 0.478 e. The summed E-state index contributed by atoms with van der Waals surface area (Å²) in [4.78, 5) is 39.1. The fourth-order valence-electron chi connectivity index (χ4n) is 1.82. The molecule has 0 atom stereocenters. The Morgan fingerprint density at radius 3 is 2.58 bits per heavy atom. The van der Waals surface area contributed by atoms with Gasteiger partial charge in [0.15, 0.2) is 0 Å². The minimum absolute atomic E-state index is 0.238. The smallest absolute Gasteiger partial charge is 0.328 e. The van der Waals surface area contributed by atoms with Crippen molar-refractivity contribution in [1.82, 2.24) is 4.98 Å². The van der Waals surface area contributed by atoms with Gasteiger partial charge in [-0.25, -0.2) is 14.7 Å². The lowest BCUT2D eigenvalue weighted by Gasteiger charge is -2.23. The molecule has 1 aromatic heterocycles. The van der Waals surface area contributed by atoms with Crippen LogP contribution in [0.5, 0.6) is 0 Å². The molecule has 0 bridgehead atoms. The summed E-state index contributed by atoms with van der Waals surface area (Å²) < 4.78 is 0. The van der Waals surface area contributed by atoms with E-state index in [2.05, 4.69) is 4.98 Å². The Hall–Kier alpha value is -2.50. The van der Waals surface area contributed by atoms with Crippen LogP contribution in [0.3, 0.4) is 0 Å². The van der Waals surface area contributed by atoms with Crippen molar-refractivity contribution in [3.63, 3.8) is 0 Å². The number of aromatic nitrogens is 1. The van der Waals surface area contributed by atoms with Gasteiger partial charge in [0.1, 0.15) is 5.82 Å². The number of anilines is 1. The van der Waals surface area contributed by atoms with Gasteiger partial charge in [0.2, 0.25) is 11.8 Å². The highest BCUT2D eigenvalue weighted by molar-refractivity contribution is 6.15. The summed E-state index contributed by atoms with van der Waals surface area (Å²) in [7, 11) is 0. The van der Waals surface area contributed by atoms with Gasteiger partial charge in [0.25, 0.3) is 0 Å². The van der Waals surface area contributed by atoms with Crippen LogP contribution in [0, 0.1) is 0 Å². The molecule has 6 heteroatoms. The number of nitrogens with zero attached hydrogens (tertiary/aromatic N) is 2. The second-order valence-corrected chi connectivity index (χ2v) is 4.07. The second-order valence-electron chi connectivity index (χ2n) is 4.07. The quantitative estimate of drug-likeness (QED) is 0.652. The Bertz CT molecular complexity index is 550. The number of rotatable bonds is 3. The summed E-state index contributed by atoms with van der Waals surface area (Å²) in [6.45, 7) is 0. The Balaban J connectivity index is 2.29. The molecule has 1 aromatic rings. The number of piperidine rings is 1. The van der Waals surface area contributed by atoms with E-state index in [-0.39, 0.29) is 17.6 Å². The van der Waals surface area contributed by atoms with Gasteiger partial charge in [-0.15, -0.1) is 0 Å². The molecule has 6 nitrogen and oxygen atoms in total. The first-order valence-electron chi connectivity index (χ1n) is 5.82. The number of carboxylic acid groups (broad SMARTS) is 1. The molecule has 1 saturated heterocycles. The van der Waals surface area contributed by atoms with Gasteiger partial charge < -0.3 is 5.11 Å². The third kappa shape index (κ3) is 3.04. The average Bonchev–Trinajstić information content (AvgIpc) is 2.37. The number of aliphatic carboxylic acids is 1. The molecule has 1 N–H and O–H groups in total. The Morgan fingerprint density at radius 1 is 1.26 bits per heavy atom. The van der Waals surface area contributed by atoms with Crippen molar-refractivity contribution in [3.05, 3.63) is 30.0 Å². The first-order chi connectivity index (χ1) is 9.08. The summed E-state index contributed by atoms with van der Waals surface area (Å²) in [6.07, 6.45) is 3.47. The van der Waals surface area contributed by atoms with Crippen molar-refractivity contribution in [2.45, 2.75) is 19.3 Å². The highest BCUT2D eigenvalue weighted by atomic mass is 16.4. The van der Waals surface area contributed by atoms with Crippen LogP contribution in [-0.4, -0.2) is 27.9 Å². The maximum absolute atomic E-state index is 11.7. The highest BCUT2D eigenvalue weighted by Crippen LogP contribution is 2.20. The molecule has 2 rings (SSSR count). The summed E-state index contributed by atoms with van der Waals surface area (Å²) >= 11 is 0. The average molecular weight is 260 g/mol. The molecule has 1 fully saturated rings. The number of carbonyl (C=O) groups excluding carboxylic acids is 2. The van der Waals surface area contributed by atoms with Crippen LogP contribution in [0.15, 0.2) is 24.3 Å². The topological polar surface area (TPSA) is 87.6 Å². The third-order valence-electron chi connectivity index (χ3n) is 2.66. The lowest BCUT2D eigenvalue weighted by Crippen LogP contribution is -2.40. The van der Waals surface area contributed by atoms with Gasteiger partial charge in [-0.3, -0.25) is 9.59 Å². The lowest BCUT2D eigenvalue weighted by atomic mass is 10.1. The molecule has 0 aliphatic carbocycles. The van der Waals surface area contributed by atoms with Crippen molar-refractivity contribution in [3.8, 4) is 0 Å². The lowest BCUT2D eigenvalue weighted by molar-refractivity contribution is -0.131. The molecule has 2 heterocycles. The zero-order valence-electron chi connectivity index (χ0n) is 10.1. The van der Waals surface area contributed by atoms with E-state index in [1.165, 1.54) is 6.08 Å². The van der Waals surface area contributed by atoms with Gasteiger partial charge in [-0.2, -0.15) is 0 Å². The van der Waals surface area contributed by atoms with E-state index in [1.54, 1.807) is 18.2 Å². The van der Waals surface area contributed by atoms with E-state index >= 15 is 0 Å². The molecule has 19 heavy (non-hydrogen) atoms. The van der Waals surface area contributed by atoms with Crippen molar-refractivity contribution < 1.29 is 19.5 Å². The first kappa shape index (κ1) is 12.9. The van der Waals surface area contributed by atoms with Crippen LogP contribution in [0.4, 0.5) is 5.82 Å². The number of carboxylic acids is 1. The molecule has 0 spiro atoms. The number of carbonyl (C=O) groups is 3. The van der Waals surface area contributed by atoms with E-state index < -0.39 is 5.97 Å². The number of pyridine rings is 1. The number of imide groups is 1. The maximum atomic E-state index is 11.7. The predicted molar refractivity (Wildman–Crippen MR) is 67.3 cm³/mol. The van der Waals surface area contributed by atoms with Crippen LogP contribution < -0.4 is 4.90 Å². The normalized spacial score (nSPS) is 16.1. The Kier molecular flexibility index (Phi) is 3.70. The van der Waals surface area contributed by atoms with E-state index in [1.807, 2.05) is 0 Å². The molecular weight excluding hydrogens is 248 g/mol. The molecular formula is C13H12N2O4. The highest BCUT2D eigenvalue weighted by Gasteiger charge is 2.28. The van der Waals surface area contributed by atoms with Crippen LogP contribution in [0.2, 0.25) is 0 Å². The van der Waals surface area contributed by atoms with E-state index in [4.69, 9.17) is 5.11 Å². The van der Waals surface area contributed by atoms with E-state index in [9.17, 15) is 14.4 Å². The van der Waals surface area contributed by atoms with Crippen LogP contribution >= 0.6 is 0 Å². The van der Waals surface area contributed by atoms with Gasteiger partial charge in [0.05, 0.1) is 5.69 Å². The van der Waals surface area contributed by atoms with Crippen molar-refractivity contribution in [2.75, 3.05) is 4.90 Å². The predicted octanol–water partition coefficient (Wildman–Crippen LogP) is 1.22. The van der Waals surface area contributed by atoms with E-state index in [0.717, 1.165) is 11.0 Å². The van der Waals surface area contributed by atoms with Crippen LogP contribution in [0.25, 0.3) is 6.08 Å². The van der Waals surface area contributed by atoms with Crippen molar-refractivity contribution in [1.29, 1.82) is 0 Å². The SMILES string of the molecule is O=C(O)C=Cc1cccc(N2C(=O)CCCC2=O)n1. The van der Waals surface area contributed by atoms with Gasteiger partial charge in [-0.1, -0.05) is 6.07 Å². The standard InChI is InChI=1S/C13H12N2O4/c16-11-5-2-6-12(17)15(11)10-4-1-3-9(14-10)7-8-13(18)19/h1,3-4,7-8H,2,5-6H2,(H,18,19). The first-order valence-corrected chi connectivity index (χ1v) is 5.82. The van der Waals surface area contributed by atoms with Gasteiger partial charge in [0, 0.05) is 18.9 Å². The van der Waals surface area contributed by atoms with Crippen molar-refractivity contribution in [2.24, 2.45) is 0 Å². The van der Waals surface area contributed by atoms with Gasteiger partial charge in [-0.05, 0) is 24.6 Å². The molecule has 1 aliphatic heterocycles. The molecule has 1 aliphatic rings. The summed E-state index contributed by atoms with van der Waals surface area (Å²) in [5.74, 6) is -1.40. The zero-order valence-corrected chi connectivity index (χ0v) is 10.1. The molecule has 0 saturated carbocycles. The molecule has 98 valence electrons. The van der Waals surface area contributed by atoms with Crippen molar-refractivity contribution >= 4 is 29.7 Å². The third-order valence-corrected chi connectivity index (χ3v) is 2.66. The minimum atomic E-state index is -1.09. The van der Waals surface area contributed by atoms with Crippen LogP contribution in [0.1, 0.15) is 25.0 Å². The summed E-state index contributed by atoms with van der Waals surface area (Å²) in [6, 6.07) is 4.78. The zero-order chi connectivity index (χ0) is 13.8.